The van der Waals surface area contributed by atoms with E-state index in [0.29, 0.717) is 18.6 Å². The molecule has 8 heteroatoms. The fourth-order valence-electron chi connectivity index (χ4n) is 3.49. The molecule has 3 aromatic rings. The second-order valence-electron chi connectivity index (χ2n) is 7.19. The highest BCUT2D eigenvalue weighted by Gasteiger charge is 2.31. The van der Waals surface area contributed by atoms with Gasteiger partial charge in [-0.05, 0) is 42.3 Å². The molecule has 154 valence electrons. The molecule has 1 aromatic carbocycles. The molecule has 7 nitrogen and oxygen atoms in total. The molecule has 0 atom stereocenters. The highest BCUT2D eigenvalue weighted by atomic mass is 32.2. The van der Waals surface area contributed by atoms with Gasteiger partial charge >= 0.3 is 0 Å². The van der Waals surface area contributed by atoms with Gasteiger partial charge in [0.05, 0.1) is 5.52 Å². The van der Waals surface area contributed by atoms with E-state index in [0.717, 1.165) is 16.5 Å². The number of piperazine rings is 1. The Morgan fingerprint density at radius 3 is 2.60 bits per heavy atom. The molecule has 0 radical (unpaired) electrons. The van der Waals surface area contributed by atoms with Crippen LogP contribution in [-0.2, 0) is 14.8 Å². The molecule has 3 heterocycles. The van der Waals surface area contributed by atoms with Crippen LogP contribution in [0.25, 0.3) is 17.0 Å². The van der Waals surface area contributed by atoms with Gasteiger partial charge in [0.25, 0.3) is 0 Å². The van der Waals surface area contributed by atoms with Crippen LogP contribution in [0.1, 0.15) is 11.1 Å². The average Bonchev–Trinajstić information content (AvgIpc) is 2.77. The van der Waals surface area contributed by atoms with Crippen molar-refractivity contribution in [3.63, 3.8) is 0 Å². The van der Waals surface area contributed by atoms with Gasteiger partial charge in [-0.3, -0.25) is 14.8 Å². The number of pyridine rings is 2. The number of aromatic nitrogens is 2. The van der Waals surface area contributed by atoms with Crippen LogP contribution in [0.2, 0.25) is 0 Å². The number of fused-ring (bicyclic) bond motifs is 1. The van der Waals surface area contributed by atoms with Gasteiger partial charge in [-0.2, -0.15) is 4.31 Å². The Balaban J connectivity index is 1.47. The van der Waals surface area contributed by atoms with Gasteiger partial charge in [0.1, 0.15) is 4.90 Å². The maximum atomic E-state index is 13.2. The van der Waals surface area contributed by atoms with Gasteiger partial charge < -0.3 is 4.90 Å². The van der Waals surface area contributed by atoms with Crippen LogP contribution < -0.4 is 0 Å². The molecule has 1 fully saturated rings. The Hall–Kier alpha value is -3.10. The Morgan fingerprint density at radius 1 is 1.07 bits per heavy atom. The van der Waals surface area contributed by atoms with Gasteiger partial charge in [-0.1, -0.05) is 18.2 Å². The van der Waals surface area contributed by atoms with E-state index in [2.05, 4.69) is 9.97 Å². The SMILES string of the molecule is Cc1cnc2c(S(=O)(=O)N3CCN(C(=O)C=Cc4cccnc4)CC3)cccc2c1. The monoisotopic (exact) mass is 422 g/mol. The smallest absolute Gasteiger partial charge is 0.246 e. The van der Waals surface area contributed by atoms with E-state index < -0.39 is 10.0 Å². The summed E-state index contributed by atoms with van der Waals surface area (Å²) in [5.74, 6) is -0.141. The first-order valence-corrected chi connectivity index (χ1v) is 11.1. The molecule has 0 unspecified atom stereocenters. The number of carbonyl (C=O) groups excluding carboxylic acids is 1. The van der Waals surface area contributed by atoms with Crippen molar-refractivity contribution >= 4 is 32.9 Å². The number of carbonyl (C=O) groups is 1. The van der Waals surface area contributed by atoms with E-state index in [1.165, 1.54) is 10.4 Å². The van der Waals surface area contributed by atoms with Crippen molar-refractivity contribution in [3.8, 4) is 0 Å². The van der Waals surface area contributed by atoms with Crippen molar-refractivity contribution in [2.45, 2.75) is 11.8 Å². The summed E-state index contributed by atoms with van der Waals surface area (Å²) in [5.41, 5.74) is 2.29. The van der Waals surface area contributed by atoms with E-state index >= 15 is 0 Å². The lowest BCUT2D eigenvalue weighted by Gasteiger charge is -2.33. The third-order valence-corrected chi connectivity index (χ3v) is 7.01. The topological polar surface area (TPSA) is 83.5 Å². The van der Waals surface area contributed by atoms with Gasteiger partial charge in [0.2, 0.25) is 15.9 Å². The number of rotatable bonds is 4. The first kappa shape index (κ1) is 20.2. The lowest BCUT2D eigenvalue weighted by Crippen LogP contribution is -2.50. The minimum atomic E-state index is -3.70. The number of benzene rings is 1. The quantitative estimate of drug-likeness (QED) is 0.603. The Bertz CT molecular complexity index is 1200. The van der Waals surface area contributed by atoms with E-state index in [4.69, 9.17) is 0 Å². The summed E-state index contributed by atoms with van der Waals surface area (Å²) in [6.07, 6.45) is 8.23. The van der Waals surface area contributed by atoms with Crippen LogP contribution in [0.3, 0.4) is 0 Å². The molecule has 30 heavy (non-hydrogen) atoms. The molecular weight excluding hydrogens is 400 g/mol. The van der Waals surface area contributed by atoms with Crippen molar-refractivity contribution < 1.29 is 13.2 Å². The van der Waals surface area contributed by atoms with Crippen LogP contribution in [0.5, 0.6) is 0 Å². The molecule has 1 aliphatic heterocycles. The van der Waals surface area contributed by atoms with Gasteiger partial charge in [0.15, 0.2) is 0 Å². The van der Waals surface area contributed by atoms with Crippen LogP contribution in [0.4, 0.5) is 0 Å². The summed E-state index contributed by atoms with van der Waals surface area (Å²) >= 11 is 0. The number of hydrogen-bond donors (Lipinski definition) is 0. The molecule has 0 saturated carbocycles. The normalized spacial score (nSPS) is 15.7. The molecule has 0 spiro atoms. The van der Waals surface area contributed by atoms with E-state index in [1.807, 2.05) is 25.1 Å². The molecule has 0 bridgehead atoms. The average molecular weight is 423 g/mol. The zero-order valence-electron chi connectivity index (χ0n) is 16.6. The number of hydrogen-bond acceptors (Lipinski definition) is 5. The van der Waals surface area contributed by atoms with Gasteiger partial charge in [-0.25, -0.2) is 8.42 Å². The number of amides is 1. The maximum absolute atomic E-state index is 13.2. The van der Waals surface area contributed by atoms with Crippen molar-refractivity contribution in [1.82, 2.24) is 19.2 Å². The molecule has 1 amide bonds. The molecular formula is C22H22N4O3S. The molecule has 4 rings (SSSR count). The van der Waals surface area contributed by atoms with Crippen molar-refractivity contribution in [1.29, 1.82) is 0 Å². The minimum Gasteiger partial charge on any atom is -0.337 e. The van der Waals surface area contributed by atoms with Crippen LogP contribution in [0, 0.1) is 6.92 Å². The number of sulfonamides is 1. The molecule has 0 N–H and O–H groups in total. The predicted molar refractivity (Wildman–Crippen MR) is 115 cm³/mol. The highest BCUT2D eigenvalue weighted by Crippen LogP contribution is 2.25. The van der Waals surface area contributed by atoms with Crippen molar-refractivity contribution in [2.24, 2.45) is 0 Å². The molecule has 0 aliphatic carbocycles. The molecule has 1 aliphatic rings. The Morgan fingerprint density at radius 2 is 1.87 bits per heavy atom. The fourth-order valence-corrected chi connectivity index (χ4v) is 5.07. The van der Waals surface area contributed by atoms with Crippen LogP contribution in [0.15, 0.2) is 66.0 Å². The van der Waals surface area contributed by atoms with Crippen LogP contribution >= 0.6 is 0 Å². The first-order chi connectivity index (χ1) is 14.4. The number of aryl methyl sites for hydroxylation is 1. The summed E-state index contributed by atoms with van der Waals surface area (Å²) in [6.45, 7) is 3.10. The first-order valence-electron chi connectivity index (χ1n) is 9.68. The number of para-hydroxylation sites is 1. The van der Waals surface area contributed by atoms with Crippen molar-refractivity contribution in [2.75, 3.05) is 26.2 Å². The minimum absolute atomic E-state index is 0.141. The zero-order chi connectivity index (χ0) is 21.1. The third kappa shape index (κ3) is 4.10. The van der Waals surface area contributed by atoms with E-state index in [-0.39, 0.29) is 23.9 Å². The third-order valence-electron chi connectivity index (χ3n) is 5.08. The number of nitrogens with zero attached hydrogens (tertiary/aromatic N) is 4. The fraction of sp³-hybridized carbons (Fsp3) is 0.227. The summed E-state index contributed by atoms with van der Waals surface area (Å²) in [7, 11) is -3.70. The largest absolute Gasteiger partial charge is 0.337 e. The summed E-state index contributed by atoms with van der Waals surface area (Å²) in [5, 5.41) is 0.797. The van der Waals surface area contributed by atoms with Gasteiger partial charge in [0, 0.05) is 56.2 Å². The predicted octanol–water partition coefficient (Wildman–Crippen LogP) is 2.48. The standard InChI is InChI=1S/C22H22N4O3S/c1-17-14-19-5-2-6-20(22(19)24-15-17)30(28,29)26-12-10-25(11-13-26)21(27)8-7-18-4-3-9-23-16-18/h2-9,14-16H,10-13H2,1H3. The molecule has 1 saturated heterocycles. The van der Waals surface area contributed by atoms with E-state index in [9.17, 15) is 13.2 Å². The van der Waals surface area contributed by atoms with Gasteiger partial charge in [-0.15, -0.1) is 0 Å². The second-order valence-corrected chi connectivity index (χ2v) is 9.10. The summed E-state index contributed by atoms with van der Waals surface area (Å²) < 4.78 is 27.9. The second kappa shape index (κ2) is 8.33. The lowest BCUT2D eigenvalue weighted by molar-refractivity contribution is -0.127. The Kier molecular flexibility index (Phi) is 5.61. The highest BCUT2D eigenvalue weighted by molar-refractivity contribution is 7.89. The molecule has 2 aromatic heterocycles. The Labute approximate surface area is 175 Å². The van der Waals surface area contributed by atoms with Crippen LogP contribution in [-0.4, -0.2) is 59.7 Å². The summed E-state index contributed by atoms with van der Waals surface area (Å²) in [6, 6.07) is 10.8. The van der Waals surface area contributed by atoms with E-state index in [1.54, 1.807) is 47.8 Å². The maximum Gasteiger partial charge on any atom is 0.246 e. The zero-order valence-corrected chi connectivity index (χ0v) is 17.4. The van der Waals surface area contributed by atoms with Crippen molar-refractivity contribution in [3.05, 3.63) is 72.2 Å². The summed E-state index contributed by atoms with van der Waals surface area (Å²) in [4.78, 5) is 22.7. The lowest BCUT2D eigenvalue weighted by atomic mass is 10.2.